The van der Waals surface area contributed by atoms with E-state index in [4.69, 9.17) is 23.5 Å². The minimum atomic E-state index is -4.56. The van der Waals surface area contributed by atoms with Crippen molar-refractivity contribution >= 4 is 22.1 Å². The topological polar surface area (TPSA) is 186 Å². The van der Waals surface area contributed by atoms with Crippen LogP contribution in [0.1, 0.15) is 39.5 Å². The van der Waals surface area contributed by atoms with Crippen molar-refractivity contribution in [3.05, 3.63) is 0 Å². The number of rotatable bonds is 12. The molecule has 13 heteroatoms. The van der Waals surface area contributed by atoms with Gasteiger partial charge < -0.3 is 34.3 Å². The first-order chi connectivity index (χ1) is 14.0. The van der Waals surface area contributed by atoms with Gasteiger partial charge in [0.05, 0.1) is 6.61 Å². The lowest BCUT2D eigenvalue weighted by Crippen LogP contribution is -2.60. The Balaban J connectivity index is 2.77. The number of aliphatic hydroxyl groups excluding tert-OH is 3. The molecule has 0 amide bonds. The average molecular weight is 458 g/mol. The molecule has 1 aliphatic heterocycles. The molecule has 1 saturated heterocycles. The van der Waals surface area contributed by atoms with Gasteiger partial charge in [-0.2, -0.15) is 8.42 Å². The number of ether oxygens (including phenoxy) is 4. The van der Waals surface area contributed by atoms with E-state index in [1.54, 1.807) is 6.92 Å². The van der Waals surface area contributed by atoms with Crippen LogP contribution in [-0.2, 0) is 38.7 Å². The molecular weight excluding hydrogens is 428 g/mol. The maximum absolute atomic E-state index is 11.9. The van der Waals surface area contributed by atoms with E-state index in [1.807, 2.05) is 6.92 Å². The summed E-state index contributed by atoms with van der Waals surface area (Å²) in [6, 6.07) is 0. The van der Waals surface area contributed by atoms with Crippen molar-refractivity contribution < 1.29 is 56.8 Å². The normalized spacial score (nSPS) is 28.0. The van der Waals surface area contributed by atoms with E-state index in [9.17, 15) is 33.3 Å². The monoisotopic (exact) mass is 458 g/mol. The maximum atomic E-state index is 11.9. The Labute approximate surface area is 174 Å². The number of carbonyl (C=O) groups excluding carboxylic acids is 2. The van der Waals surface area contributed by atoms with Crippen molar-refractivity contribution in [1.29, 1.82) is 0 Å². The molecule has 0 radical (unpaired) electrons. The number of aliphatic hydroxyl groups is 3. The molecule has 0 unspecified atom stereocenters. The molecular formula is C17H30O12S. The van der Waals surface area contributed by atoms with Crippen molar-refractivity contribution in [2.24, 2.45) is 0 Å². The zero-order chi connectivity index (χ0) is 22.9. The van der Waals surface area contributed by atoms with Crippen LogP contribution in [0.3, 0.4) is 0 Å². The molecule has 4 N–H and O–H groups in total. The van der Waals surface area contributed by atoms with E-state index in [0.717, 1.165) is 6.42 Å². The number of carbonyl (C=O) groups is 2. The van der Waals surface area contributed by atoms with Gasteiger partial charge in [-0.3, -0.25) is 14.1 Å². The molecule has 1 fully saturated rings. The molecule has 0 aromatic rings. The molecule has 0 saturated carbocycles. The molecule has 176 valence electrons. The van der Waals surface area contributed by atoms with Crippen molar-refractivity contribution in [3.8, 4) is 0 Å². The van der Waals surface area contributed by atoms with Crippen LogP contribution in [0.15, 0.2) is 0 Å². The summed E-state index contributed by atoms with van der Waals surface area (Å²) < 4.78 is 51.7. The Morgan fingerprint density at radius 3 is 2.27 bits per heavy atom. The summed E-state index contributed by atoms with van der Waals surface area (Å²) in [6.45, 7) is 2.72. The Kier molecular flexibility index (Phi) is 11.1. The van der Waals surface area contributed by atoms with Crippen LogP contribution in [0.2, 0.25) is 0 Å². The molecule has 12 nitrogen and oxygen atoms in total. The molecule has 30 heavy (non-hydrogen) atoms. The Morgan fingerprint density at radius 1 is 1.03 bits per heavy atom. The second-order valence-electron chi connectivity index (χ2n) is 6.85. The van der Waals surface area contributed by atoms with Crippen LogP contribution in [0, 0.1) is 0 Å². The molecule has 0 aromatic carbocycles. The quantitative estimate of drug-likeness (QED) is 0.201. The van der Waals surface area contributed by atoms with Gasteiger partial charge in [-0.15, -0.1) is 0 Å². The Hall–Kier alpha value is -1.35. The van der Waals surface area contributed by atoms with E-state index in [0.29, 0.717) is 6.42 Å². The van der Waals surface area contributed by atoms with Gasteiger partial charge in [0.25, 0.3) is 10.1 Å². The highest BCUT2D eigenvalue weighted by molar-refractivity contribution is 7.85. The summed E-state index contributed by atoms with van der Waals surface area (Å²) in [5.41, 5.74) is 0. The van der Waals surface area contributed by atoms with Crippen molar-refractivity contribution in [2.45, 2.75) is 76.3 Å². The van der Waals surface area contributed by atoms with Gasteiger partial charge in [-0.05, 0) is 6.42 Å². The molecule has 1 aliphatic rings. The van der Waals surface area contributed by atoms with Crippen LogP contribution in [0.5, 0.6) is 0 Å². The smallest absolute Gasteiger partial charge is 0.306 e. The van der Waals surface area contributed by atoms with Crippen LogP contribution >= 0.6 is 0 Å². The predicted octanol–water partition coefficient (Wildman–Crippen LogP) is -1.25. The highest BCUT2D eigenvalue weighted by Crippen LogP contribution is 2.23. The van der Waals surface area contributed by atoms with Crippen LogP contribution in [0.4, 0.5) is 0 Å². The minimum absolute atomic E-state index is 0.100. The minimum Gasteiger partial charge on any atom is -0.462 e. The first kappa shape index (κ1) is 26.7. The molecule has 0 aliphatic carbocycles. The standard InChI is InChI=1S/C17H30O12S/c1-3-5-6-13(19)28-10(7-26-12(18)4-2)8-27-17-16(22)15(21)14(20)11(29-17)9-30(23,24)25/h10-11,14-17,20-22H,3-9H2,1-2H3,(H,23,24,25)/t10-,11-,14-,15+,16-,17-/m1/s1. The first-order valence-corrected chi connectivity index (χ1v) is 11.2. The third-order valence-electron chi connectivity index (χ3n) is 4.24. The lowest BCUT2D eigenvalue weighted by molar-refractivity contribution is -0.297. The maximum Gasteiger partial charge on any atom is 0.306 e. The third-order valence-corrected chi connectivity index (χ3v) is 4.99. The third kappa shape index (κ3) is 9.20. The molecule has 1 rings (SSSR count). The molecule has 0 bridgehead atoms. The van der Waals surface area contributed by atoms with Gasteiger partial charge in [-0.25, -0.2) is 0 Å². The number of hydrogen-bond donors (Lipinski definition) is 4. The summed E-state index contributed by atoms with van der Waals surface area (Å²) in [5.74, 6) is -2.13. The lowest BCUT2D eigenvalue weighted by atomic mass is 10.00. The highest BCUT2D eigenvalue weighted by atomic mass is 32.2. The largest absolute Gasteiger partial charge is 0.462 e. The number of hydrogen-bond acceptors (Lipinski definition) is 11. The molecule has 6 atom stereocenters. The summed E-state index contributed by atoms with van der Waals surface area (Å²) in [6.07, 6.45) is -8.01. The molecule has 1 heterocycles. The molecule has 0 aromatic heterocycles. The van der Waals surface area contributed by atoms with E-state index in [-0.39, 0.29) is 19.4 Å². The Morgan fingerprint density at radius 2 is 1.70 bits per heavy atom. The van der Waals surface area contributed by atoms with Gasteiger partial charge >= 0.3 is 11.9 Å². The van der Waals surface area contributed by atoms with Gasteiger partial charge in [0.1, 0.15) is 36.8 Å². The zero-order valence-corrected chi connectivity index (χ0v) is 17.7. The second kappa shape index (κ2) is 12.5. The van der Waals surface area contributed by atoms with E-state index in [1.165, 1.54) is 0 Å². The van der Waals surface area contributed by atoms with E-state index in [2.05, 4.69) is 0 Å². The number of esters is 2. The predicted molar refractivity (Wildman–Crippen MR) is 99.7 cm³/mol. The first-order valence-electron chi connectivity index (χ1n) is 9.60. The van der Waals surface area contributed by atoms with Gasteiger partial charge in [0.15, 0.2) is 12.4 Å². The van der Waals surface area contributed by atoms with Crippen LogP contribution in [0.25, 0.3) is 0 Å². The van der Waals surface area contributed by atoms with Crippen LogP contribution < -0.4 is 0 Å². The van der Waals surface area contributed by atoms with Crippen molar-refractivity contribution in [2.75, 3.05) is 19.0 Å². The summed E-state index contributed by atoms with van der Waals surface area (Å²) in [4.78, 5) is 23.3. The SMILES string of the molecule is CCCCC(=O)O[C@H](COC(=O)CC)CO[C@@H]1O[C@H](CS(=O)(=O)O)[C@@H](O)[C@H](O)[C@H]1O. The van der Waals surface area contributed by atoms with Gasteiger partial charge in [0, 0.05) is 12.8 Å². The second-order valence-corrected chi connectivity index (χ2v) is 8.35. The zero-order valence-electron chi connectivity index (χ0n) is 16.9. The van der Waals surface area contributed by atoms with E-state index >= 15 is 0 Å². The van der Waals surface area contributed by atoms with Crippen molar-refractivity contribution in [1.82, 2.24) is 0 Å². The summed E-state index contributed by atoms with van der Waals surface area (Å²) in [5, 5.41) is 29.8. The summed E-state index contributed by atoms with van der Waals surface area (Å²) in [7, 11) is -4.56. The van der Waals surface area contributed by atoms with Gasteiger partial charge in [-0.1, -0.05) is 20.3 Å². The lowest BCUT2D eigenvalue weighted by Gasteiger charge is -2.40. The highest BCUT2D eigenvalue weighted by Gasteiger charge is 2.45. The molecule has 0 spiro atoms. The Bertz CT molecular complexity index is 651. The van der Waals surface area contributed by atoms with E-state index < -0.39 is 71.2 Å². The van der Waals surface area contributed by atoms with Crippen LogP contribution in [-0.4, -0.2) is 96.0 Å². The van der Waals surface area contributed by atoms with Crippen molar-refractivity contribution in [3.63, 3.8) is 0 Å². The fourth-order valence-electron chi connectivity index (χ4n) is 2.57. The fourth-order valence-corrected chi connectivity index (χ4v) is 3.26. The average Bonchev–Trinajstić information content (AvgIpc) is 2.68. The van der Waals surface area contributed by atoms with Gasteiger partial charge in [0.2, 0.25) is 0 Å². The number of unbranched alkanes of at least 4 members (excludes halogenated alkanes) is 1. The summed E-state index contributed by atoms with van der Waals surface area (Å²) >= 11 is 0. The fraction of sp³-hybridized carbons (Fsp3) is 0.882.